The molecule has 0 saturated carbocycles. The number of pyridine rings is 1. The summed E-state index contributed by atoms with van der Waals surface area (Å²) in [6, 6.07) is 7.08. The van der Waals surface area contributed by atoms with Crippen LogP contribution in [0.3, 0.4) is 0 Å². The van der Waals surface area contributed by atoms with E-state index in [9.17, 15) is 4.79 Å². The van der Waals surface area contributed by atoms with Crippen molar-refractivity contribution in [1.82, 2.24) is 4.57 Å². The Balaban J connectivity index is 3.00. The van der Waals surface area contributed by atoms with E-state index in [-0.39, 0.29) is 11.1 Å². The van der Waals surface area contributed by atoms with Crippen LogP contribution in [0, 0.1) is 18.3 Å². The van der Waals surface area contributed by atoms with Gasteiger partial charge in [0, 0.05) is 17.5 Å². The van der Waals surface area contributed by atoms with Crippen molar-refractivity contribution in [2.24, 2.45) is 7.05 Å². The molecule has 0 radical (unpaired) electrons. The molecule has 80 valence electrons. The fourth-order valence-electron chi connectivity index (χ4n) is 1.68. The van der Waals surface area contributed by atoms with Gasteiger partial charge in [0.1, 0.15) is 11.6 Å². The number of benzene rings is 1. The van der Waals surface area contributed by atoms with Crippen molar-refractivity contribution in [3.05, 3.63) is 44.7 Å². The first kappa shape index (κ1) is 10.7. The molecule has 0 bridgehead atoms. The molecular weight excluding hydrogens is 224 g/mol. The molecule has 0 atom stereocenters. The zero-order chi connectivity index (χ0) is 11.9. The number of halogens is 1. The van der Waals surface area contributed by atoms with Crippen LogP contribution in [-0.4, -0.2) is 4.57 Å². The maximum absolute atomic E-state index is 11.7. The Morgan fingerprint density at radius 1 is 1.38 bits per heavy atom. The van der Waals surface area contributed by atoms with E-state index in [0.717, 1.165) is 16.5 Å². The van der Waals surface area contributed by atoms with Crippen LogP contribution < -0.4 is 5.56 Å². The van der Waals surface area contributed by atoms with E-state index in [0.29, 0.717) is 5.02 Å². The van der Waals surface area contributed by atoms with Crippen molar-refractivity contribution in [1.29, 1.82) is 5.26 Å². The Morgan fingerprint density at radius 3 is 2.69 bits per heavy atom. The number of hydrogen-bond acceptors (Lipinski definition) is 2. The molecule has 1 aromatic carbocycles. The molecule has 4 heteroatoms. The van der Waals surface area contributed by atoms with Crippen LogP contribution in [0.2, 0.25) is 5.02 Å². The Hall–Kier alpha value is -1.79. The molecule has 0 fully saturated rings. The van der Waals surface area contributed by atoms with Crippen LogP contribution in [-0.2, 0) is 7.05 Å². The molecule has 0 amide bonds. The summed E-state index contributed by atoms with van der Waals surface area (Å²) in [6.07, 6.45) is 0. The van der Waals surface area contributed by atoms with Gasteiger partial charge in [-0.05, 0) is 30.7 Å². The van der Waals surface area contributed by atoms with Gasteiger partial charge in [0.15, 0.2) is 0 Å². The predicted octanol–water partition coefficient (Wildman–Crippen LogP) is 2.37. The minimum atomic E-state index is -0.281. The summed E-state index contributed by atoms with van der Waals surface area (Å²) < 4.78 is 1.47. The normalized spacial score (nSPS) is 10.4. The van der Waals surface area contributed by atoms with Crippen LogP contribution in [0.5, 0.6) is 0 Å². The first-order valence-corrected chi connectivity index (χ1v) is 5.12. The fourth-order valence-corrected chi connectivity index (χ4v) is 1.85. The summed E-state index contributed by atoms with van der Waals surface area (Å²) >= 11 is 6.01. The summed E-state index contributed by atoms with van der Waals surface area (Å²) in [6.45, 7) is 1.88. The Labute approximate surface area is 97.5 Å². The fraction of sp³-hybridized carbons (Fsp3) is 0.167. The lowest BCUT2D eigenvalue weighted by Crippen LogP contribution is -2.19. The topological polar surface area (TPSA) is 45.8 Å². The number of aryl methyl sites for hydroxylation is 2. The van der Waals surface area contributed by atoms with Gasteiger partial charge < -0.3 is 4.57 Å². The van der Waals surface area contributed by atoms with E-state index in [1.807, 2.05) is 19.1 Å². The van der Waals surface area contributed by atoms with Gasteiger partial charge in [-0.3, -0.25) is 4.79 Å². The SMILES string of the molecule is Cc1cc2c(cc1Cl)cc(C#N)c(=O)n2C. The highest BCUT2D eigenvalue weighted by Gasteiger charge is 2.07. The summed E-state index contributed by atoms with van der Waals surface area (Å²) in [5.41, 5.74) is 1.55. The van der Waals surface area contributed by atoms with Gasteiger partial charge in [0.05, 0.1) is 5.52 Å². The van der Waals surface area contributed by atoms with Gasteiger partial charge >= 0.3 is 0 Å². The van der Waals surface area contributed by atoms with E-state index in [4.69, 9.17) is 16.9 Å². The number of aromatic nitrogens is 1. The molecule has 2 aromatic rings. The van der Waals surface area contributed by atoms with E-state index in [1.165, 1.54) is 4.57 Å². The molecule has 0 spiro atoms. The molecule has 0 saturated heterocycles. The predicted molar refractivity (Wildman–Crippen MR) is 63.7 cm³/mol. The molecular formula is C12H9ClN2O. The average molecular weight is 233 g/mol. The molecule has 3 nitrogen and oxygen atoms in total. The molecule has 0 aliphatic carbocycles. The Morgan fingerprint density at radius 2 is 2.06 bits per heavy atom. The lowest BCUT2D eigenvalue weighted by molar-refractivity contribution is 0.900. The molecule has 0 aliphatic rings. The Kier molecular flexibility index (Phi) is 2.45. The summed E-state index contributed by atoms with van der Waals surface area (Å²) in [5, 5.41) is 10.3. The summed E-state index contributed by atoms with van der Waals surface area (Å²) in [7, 11) is 1.65. The maximum Gasteiger partial charge on any atom is 0.268 e. The largest absolute Gasteiger partial charge is 0.310 e. The van der Waals surface area contributed by atoms with Crippen LogP contribution in [0.25, 0.3) is 10.9 Å². The van der Waals surface area contributed by atoms with Crippen molar-refractivity contribution in [2.45, 2.75) is 6.92 Å². The zero-order valence-electron chi connectivity index (χ0n) is 8.91. The van der Waals surface area contributed by atoms with Gasteiger partial charge in [0.2, 0.25) is 0 Å². The minimum Gasteiger partial charge on any atom is -0.310 e. The number of nitriles is 1. The second kappa shape index (κ2) is 3.66. The third-order valence-electron chi connectivity index (χ3n) is 2.62. The number of rotatable bonds is 0. The smallest absolute Gasteiger partial charge is 0.268 e. The van der Waals surface area contributed by atoms with E-state index >= 15 is 0 Å². The number of fused-ring (bicyclic) bond motifs is 1. The highest BCUT2D eigenvalue weighted by atomic mass is 35.5. The van der Waals surface area contributed by atoms with Crippen molar-refractivity contribution in [2.75, 3.05) is 0 Å². The van der Waals surface area contributed by atoms with Crippen molar-refractivity contribution >= 4 is 22.5 Å². The molecule has 2 rings (SSSR count). The van der Waals surface area contributed by atoms with Gasteiger partial charge in [0.25, 0.3) is 5.56 Å². The second-order valence-corrected chi connectivity index (χ2v) is 4.10. The lowest BCUT2D eigenvalue weighted by atomic mass is 10.1. The standard InChI is InChI=1S/C12H9ClN2O/c1-7-3-11-8(5-10(7)13)4-9(6-14)12(16)15(11)2/h3-5H,1-2H3. The van der Waals surface area contributed by atoms with Crippen LogP contribution in [0.15, 0.2) is 23.0 Å². The van der Waals surface area contributed by atoms with E-state index in [1.54, 1.807) is 19.2 Å². The second-order valence-electron chi connectivity index (χ2n) is 3.69. The Bertz CT molecular complexity index is 680. The molecule has 0 unspecified atom stereocenters. The highest BCUT2D eigenvalue weighted by molar-refractivity contribution is 6.32. The van der Waals surface area contributed by atoms with Crippen molar-refractivity contribution < 1.29 is 0 Å². The quantitative estimate of drug-likeness (QED) is 0.700. The van der Waals surface area contributed by atoms with Crippen molar-refractivity contribution in [3.8, 4) is 6.07 Å². The first-order valence-electron chi connectivity index (χ1n) is 4.74. The minimum absolute atomic E-state index is 0.134. The first-order chi connectivity index (χ1) is 7.54. The average Bonchev–Trinajstić information content (AvgIpc) is 2.26. The molecule has 0 aliphatic heterocycles. The van der Waals surface area contributed by atoms with Gasteiger partial charge in [-0.1, -0.05) is 11.6 Å². The monoisotopic (exact) mass is 232 g/mol. The third kappa shape index (κ3) is 1.48. The van der Waals surface area contributed by atoms with Gasteiger partial charge in [-0.25, -0.2) is 0 Å². The number of nitrogens with zero attached hydrogens (tertiary/aromatic N) is 2. The summed E-state index contributed by atoms with van der Waals surface area (Å²) in [5.74, 6) is 0. The highest BCUT2D eigenvalue weighted by Crippen LogP contribution is 2.22. The van der Waals surface area contributed by atoms with Crippen LogP contribution >= 0.6 is 11.6 Å². The molecule has 1 heterocycles. The summed E-state index contributed by atoms with van der Waals surface area (Å²) in [4.78, 5) is 11.7. The van der Waals surface area contributed by atoms with Crippen LogP contribution in [0.4, 0.5) is 0 Å². The molecule has 1 aromatic heterocycles. The zero-order valence-corrected chi connectivity index (χ0v) is 9.67. The van der Waals surface area contributed by atoms with Crippen LogP contribution in [0.1, 0.15) is 11.1 Å². The van der Waals surface area contributed by atoms with E-state index in [2.05, 4.69) is 0 Å². The van der Waals surface area contributed by atoms with Gasteiger partial charge in [-0.15, -0.1) is 0 Å². The van der Waals surface area contributed by atoms with E-state index < -0.39 is 0 Å². The third-order valence-corrected chi connectivity index (χ3v) is 3.03. The molecule has 16 heavy (non-hydrogen) atoms. The molecule has 0 N–H and O–H groups in total. The number of hydrogen-bond donors (Lipinski definition) is 0. The van der Waals surface area contributed by atoms with Gasteiger partial charge in [-0.2, -0.15) is 5.26 Å². The lowest BCUT2D eigenvalue weighted by Gasteiger charge is -2.07. The maximum atomic E-state index is 11.7. The van der Waals surface area contributed by atoms with Crippen molar-refractivity contribution in [3.63, 3.8) is 0 Å².